The number of thiophene rings is 1. The molecule has 140 valence electrons. The van der Waals surface area contributed by atoms with E-state index in [0.717, 1.165) is 31.4 Å². The maximum absolute atomic E-state index is 13.0. The lowest BCUT2D eigenvalue weighted by atomic mass is 10.2. The van der Waals surface area contributed by atoms with Crippen molar-refractivity contribution in [3.63, 3.8) is 0 Å². The summed E-state index contributed by atoms with van der Waals surface area (Å²) in [5.74, 6) is 0.0196. The van der Waals surface area contributed by atoms with E-state index in [2.05, 4.69) is 6.92 Å². The zero-order valence-corrected chi connectivity index (χ0v) is 16.4. The SMILES string of the molecule is CCCCN(CC(=O)N(Cc1cccn1C)C1CC1)C(=O)c1cccs1. The van der Waals surface area contributed by atoms with E-state index in [0.29, 0.717) is 24.0 Å². The van der Waals surface area contributed by atoms with Gasteiger partial charge in [-0.05, 0) is 42.8 Å². The molecule has 0 spiro atoms. The van der Waals surface area contributed by atoms with E-state index in [1.54, 1.807) is 4.90 Å². The molecule has 1 aliphatic carbocycles. The first-order chi connectivity index (χ1) is 12.6. The number of aromatic nitrogens is 1. The first kappa shape index (κ1) is 18.7. The third-order valence-electron chi connectivity index (χ3n) is 4.82. The second-order valence-corrected chi connectivity index (χ2v) is 7.87. The van der Waals surface area contributed by atoms with E-state index in [-0.39, 0.29) is 18.4 Å². The van der Waals surface area contributed by atoms with E-state index in [4.69, 9.17) is 0 Å². The number of carbonyl (C=O) groups is 2. The molecule has 26 heavy (non-hydrogen) atoms. The molecule has 0 aromatic carbocycles. The van der Waals surface area contributed by atoms with Gasteiger partial charge in [-0.3, -0.25) is 9.59 Å². The maximum Gasteiger partial charge on any atom is 0.264 e. The Kier molecular flexibility index (Phi) is 6.14. The minimum Gasteiger partial charge on any atom is -0.353 e. The van der Waals surface area contributed by atoms with Crippen LogP contribution in [-0.2, 0) is 18.4 Å². The van der Waals surface area contributed by atoms with Crippen LogP contribution in [0.25, 0.3) is 0 Å². The van der Waals surface area contributed by atoms with Gasteiger partial charge < -0.3 is 14.4 Å². The normalized spacial score (nSPS) is 13.6. The van der Waals surface area contributed by atoms with E-state index < -0.39 is 0 Å². The van der Waals surface area contributed by atoms with Gasteiger partial charge in [0, 0.05) is 31.5 Å². The summed E-state index contributed by atoms with van der Waals surface area (Å²) >= 11 is 1.43. The van der Waals surface area contributed by atoms with Crippen molar-refractivity contribution in [1.82, 2.24) is 14.4 Å². The van der Waals surface area contributed by atoms with Gasteiger partial charge in [-0.1, -0.05) is 19.4 Å². The fraction of sp³-hybridized carbons (Fsp3) is 0.500. The van der Waals surface area contributed by atoms with Crippen molar-refractivity contribution in [2.45, 2.75) is 45.2 Å². The Bertz CT molecular complexity index is 734. The third-order valence-corrected chi connectivity index (χ3v) is 5.68. The third kappa shape index (κ3) is 4.55. The van der Waals surface area contributed by atoms with Gasteiger partial charge in [-0.2, -0.15) is 0 Å². The predicted octanol–water partition coefficient (Wildman–Crippen LogP) is 3.52. The van der Waals surface area contributed by atoms with Crippen LogP contribution < -0.4 is 0 Å². The molecule has 2 aromatic heterocycles. The standard InChI is InChI=1S/C20H27N3O2S/c1-3-4-12-22(20(25)18-8-6-13-26-18)15-19(24)23(16-9-10-16)14-17-7-5-11-21(17)2/h5-8,11,13,16H,3-4,9-10,12,14-15H2,1-2H3. The number of amides is 2. The van der Waals surface area contributed by atoms with Gasteiger partial charge in [0.15, 0.2) is 0 Å². The number of unbranched alkanes of at least 4 members (excludes halogenated alkanes) is 1. The van der Waals surface area contributed by atoms with Crippen LogP contribution in [-0.4, -0.2) is 45.3 Å². The Morgan fingerprint density at radius 2 is 2.08 bits per heavy atom. The van der Waals surface area contributed by atoms with Gasteiger partial charge in [0.1, 0.15) is 6.54 Å². The summed E-state index contributed by atoms with van der Waals surface area (Å²) in [5, 5.41) is 1.90. The molecule has 0 saturated heterocycles. The summed E-state index contributed by atoms with van der Waals surface area (Å²) in [7, 11) is 2.00. The summed E-state index contributed by atoms with van der Waals surface area (Å²) in [6.45, 7) is 3.50. The highest BCUT2D eigenvalue weighted by Gasteiger charge is 2.34. The van der Waals surface area contributed by atoms with Crippen molar-refractivity contribution in [2.75, 3.05) is 13.1 Å². The molecule has 2 amide bonds. The van der Waals surface area contributed by atoms with Crippen LogP contribution in [0.4, 0.5) is 0 Å². The topological polar surface area (TPSA) is 45.6 Å². The van der Waals surface area contributed by atoms with Gasteiger partial charge >= 0.3 is 0 Å². The minimum atomic E-state index is -0.0311. The Morgan fingerprint density at radius 3 is 2.65 bits per heavy atom. The molecular weight excluding hydrogens is 346 g/mol. The molecule has 0 radical (unpaired) electrons. The molecule has 0 bridgehead atoms. The maximum atomic E-state index is 13.0. The van der Waals surface area contributed by atoms with Crippen molar-refractivity contribution >= 4 is 23.2 Å². The first-order valence-corrected chi connectivity index (χ1v) is 10.2. The van der Waals surface area contributed by atoms with Crippen molar-refractivity contribution in [3.8, 4) is 0 Å². The number of hydrogen-bond donors (Lipinski definition) is 0. The Hall–Kier alpha value is -2.08. The van der Waals surface area contributed by atoms with E-state index in [9.17, 15) is 9.59 Å². The zero-order valence-electron chi connectivity index (χ0n) is 15.6. The summed E-state index contributed by atoms with van der Waals surface area (Å²) in [5.41, 5.74) is 1.12. The van der Waals surface area contributed by atoms with Crippen LogP contribution in [0.1, 0.15) is 48.0 Å². The molecule has 0 atom stereocenters. The van der Waals surface area contributed by atoms with Crippen LogP contribution >= 0.6 is 11.3 Å². The molecule has 5 nitrogen and oxygen atoms in total. The summed E-state index contributed by atoms with van der Waals surface area (Å²) in [4.78, 5) is 30.2. The molecule has 3 rings (SSSR count). The monoisotopic (exact) mass is 373 g/mol. The first-order valence-electron chi connectivity index (χ1n) is 9.32. The molecule has 0 unspecified atom stereocenters. The van der Waals surface area contributed by atoms with Crippen LogP contribution in [0.3, 0.4) is 0 Å². The predicted molar refractivity (Wildman–Crippen MR) is 104 cm³/mol. The van der Waals surface area contributed by atoms with Crippen LogP contribution in [0, 0.1) is 0 Å². The number of aryl methyl sites for hydroxylation is 1. The van der Waals surface area contributed by atoms with Gasteiger partial charge in [-0.15, -0.1) is 11.3 Å². The van der Waals surface area contributed by atoms with Crippen molar-refractivity contribution in [3.05, 3.63) is 46.4 Å². The van der Waals surface area contributed by atoms with Crippen molar-refractivity contribution in [2.24, 2.45) is 7.05 Å². The Balaban J connectivity index is 1.70. The quantitative estimate of drug-likeness (QED) is 0.675. The number of nitrogens with zero attached hydrogens (tertiary/aromatic N) is 3. The highest BCUT2D eigenvalue weighted by atomic mass is 32.1. The van der Waals surface area contributed by atoms with Gasteiger partial charge in [-0.25, -0.2) is 0 Å². The minimum absolute atomic E-state index is 0.0311. The summed E-state index contributed by atoms with van der Waals surface area (Å²) in [6, 6.07) is 8.08. The average molecular weight is 374 g/mol. The molecule has 6 heteroatoms. The van der Waals surface area contributed by atoms with Crippen molar-refractivity contribution in [1.29, 1.82) is 0 Å². The zero-order chi connectivity index (χ0) is 18.5. The molecule has 1 fully saturated rings. The number of hydrogen-bond acceptors (Lipinski definition) is 3. The van der Waals surface area contributed by atoms with E-state index >= 15 is 0 Å². The van der Waals surface area contributed by atoms with Crippen LogP contribution in [0.5, 0.6) is 0 Å². The molecule has 0 N–H and O–H groups in total. The van der Waals surface area contributed by atoms with Gasteiger partial charge in [0.25, 0.3) is 5.91 Å². The summed E-state index contributed by atoms with van der Waals surface area (Å²) in [6.07, 6.45) is 6.02. The van der Waals surface area contributed by atoms with E-state index in [1.165, 1.54) is 11.3 Å². The van der Waals surface area contributed by atoms with Crippen LogP contribution in [0.2, 0.25) is 0 Å². The largest absolute Gasteiger partial charge is 0.353 e. The van der Waals surface area contributed by atoms with Crippen molar-refractivity contribution < 1.29 is 9.59 Å². The number of rotatable bonds is 9. The Morgan fingerprint density at radius 1 is 1.27 bits per heavy atom. The lowest BCUT2D eigenvalue weighted by Crippen LogP contribution is -2.44. The number of carbonyl (C=O) groups excluding carboxylic acids is 2. The van der Waals surface area contributed by atoms with E-state index in [1.807, 2.05) is 52.4 Å². The molecule has 2 aromatic rings. The second-order valence-electron chi connectivity index (χ2n) is 6.92. The lowest BCUT2D eigenvalue weighted by Gasteiger charge is -2.27. The fourth-order valence-corrected chi connectivity index (χ4v) is 3.74. The fourth-order valence-electron chi connectivity index (χ4n) is 3.05. The molecular formula is C20H27N3O2S. The van der Waals surface area contributed by atoms with Crippen LogP contribution in [0.15, 0.2) is 35.8 Å². The molecule has 0 aliphatic heterocycles. The molecule has 1 saturated carbocycles. The van der Waals surface area contributed by atoms with Gasteiger partial charge in [0.05, 0.1) is 11.4 Å². The Labute approximate surface area is 159 Å². The molecule has 2 heterocycles. The highest BCUT2D eigenvalue weighted by molar-refractivity contribution is 7.12. The highest BCUT2D eigenvalue weighted by Crippen LogP contribution is 2.29. The lowest BCUT2D eigenvalue weighted by molar-refractivity contribution is -0.133. The second kappa shape index (κ2) is 8.54. The van der Waals surface area contributed by atoms with Gasteiger partial charge in [0.2, 0.25) is 5.91 Å². The smallest absolute Gasteiger partial charge is 0.264 e. The summed E-state index contributed by atoms with van der Waals surface area (Å²) < 4.78 is 2.05. The average Bonchev–Trinajstić information content (AvgIpc) is 3.16. The molecule has 1 aliphatic rings.